The summed E-state index contributed by atoms with van der Waals surface area (Å²) in [7, 11) is 1.35. The van der Waals surface area contributed by atoms with Crippen LogP contribution in [0.3, 0.4) is 0 Å². The molecule has 2 aromatic carbocycles. The molecular formula is C28H32ClN5O4S. The number of anilines is 2. The van der Waals surface area contributed by atoms with E-state index in [0.717, 1.165) is 44.6 Å². The van der Waals surface area contributed by atoms with Crippen LogP contribution in [0.15, 0.2) is 53.5 Å². The quantitative estimate of drug-likeness (QED) is 0.228. The monoisotopic (exact) mass is 569 g/mol. The standard InChI is InChI=1S/C28H32ClN5O4S/c1-28(8-9-28)18-38-25-24(16-31-34(26(25)35)21-5-3-4-20(29)15-21)32-10-12-33(13-11-32)39-17-19-6-7-23(30)22(14-19)27(36)37-2/h3-7,14-16H,8-13,17-18,30H2,1-2H3. The van der Waals surface area contributed by atoms with Crippen molar-refractivity contribution >= 4 is 40.9 Å². The Bertz CT molecular complexity index is 1420. The summed E-state index contributed by atoms with van der Waals surface area (Å²) in [5, 5.41) is 5.01. The highest BCUT2D eigenvalue weighted by atomic mass is 35.5. The van der Waals surface area contributed by atoms with Crippen molar-refractivity contribution < 1.29 is 14.3 Å². The van der Waals surface area contributed by atoms with E-state index in [2.05, 4.69) is 21.2 Å². The van der Waals surface area contributed by atoms with Crippen LogP contribution in [0.4, 0.5) is 11.4 Å². The molecule has 1 saturated carbocycles. The first-order chi connectivity index (χ1) is 18.8. The number of nitrogens with zero attached hydrogens (tertiary/aromatic N) is 4. The highest BCUT2D eigenvalue weighted by Gasteiger charge is 2.39. The zero-order valence-electron chi connectivity index (χ0n) is 22.1. The summed E-state index contributed by atoms with van der Waals surface area (Å²) in [6.07, 6.45) is 3.92. The molecule has 9 nitrogen and oxygen atoms in total. The van der Waals surface area contributed by atoms with Gasteiger partial charge in [0.25, 0.3) is 0 Å². The molecule has 11 heteroatoms. The minimum absolute atomic E-state index is 0.124. The van der Waals surface area contributed by atoms with Gasteiger partial charge in [-0.15, -0.1) is 0 Å². The summed E-state index contributed by atoms with van der Waals surface area (Å²) in [4.78, 5) is 27.7. The summed E-state index contributed by atoms with van der Waals surface area (Å²) in [5.41, 5.74) is 8.86. The van der Waals surface area contributed by atoms with Gasteiger partial charge >= 0.3 is 11.5 Å². The molecule has 0 amide bonds. The van der Waals surface area contributed by atoms with Crippen LogP contribution in [0.5, 0.6) is 5.75 Å². The normalized spacial score (nSPS) is 16.6. The van der Waals surface area contributed by atoms with E-state index in [0.29, 0.717) is 45.8 Å². The van der Waals surface area contributed by atoms with Crippen molar-refractivity contribution in [3.05, 3.63) is 75.2 Å². The molecule has 0 bridgehead atoms. The number of halogens is 1. The van der Waals surface area contributed by atoms with E-state index in [-0.39, 0.29) is 11.0 Å². The van der Waals surface area contributed by atoms with Crippen LogP contribution in [-0.2, 0) is 10.5 Å². The molecule has 2 heterocycles. The number of benzene rings is 2. The van der Waals surface area contributed by atoms with E-state index in [1.165, 1.54) is 11.8 Å². The van der Waals surface area contributed by atoms with Crippen LogP contribution in [-0.4, -0.2) is 60.0 Å². The lowest BCUT2D eigenvalue weighted by Gasteiger charge is -2.35. The van der Waals surface area contributed by atoms with E-state index < -0.39 is 5.97 Å². The number of aromatic nitrogens is 2. The summed E-state index contributed by atoms with van der Waals surface area (Å²) in [6.45, 7) is 5.69. The molecule has 0 spiro atoms. The Labute approximate surface area is 237 Å². The van der Waals surface area contributed by atoms with Gasteiger partial charge in [-0.05, 0) is 48.7 Å². The summed E-state index contributed by atoms with van der Waals surface area (Å²) in [5.74, 6) is 0.595. The van der Waals surface area contributed by atoms with Gasteiger partial charge < -0.3 is 20.1 Å². The van der Waals surface area contributed by atoms with Crippen molar-refractivity contribution in [1.29, 1.82) is 0 Å². The first kappa shape index (κ1) is 27.4. The molecule has 1 aliphatic carbocycles. The topological polar surface area (TPSA) is 103 Å². The van der Waals surface area contributed by atoms with Crippen molar-refractivity contribution in [3.63, 3.8) is 0 Å². The van der Waals surface area contributed by atoms with Gasteiger partial charge in [0.15, 0.2) is 0 Å². The van der Waals surface area contributed by atoms with E-state index >= 15 is 0 Å². The average molecular weight is 570 g/mol. The molecule has 2 fully saturated rings. The molecule has 5 rings (SSSR count). The third-order valence-corrected chi connectivity index (χ3v) is 8.58. The zero-order chi connectivity index (χ0) is 27.6. The molecule has 1 saturated heterocycles. The van der Waals surface area contributed by atoms with Crippen molar-refractivity contribution in [2.24, 2.45) is 5.41 Å². The lowest BCUT2D eigenvalue weighted by atomic mass is 10.1. The summed E-state index contributed by atoms with van der Waals surface area (Å²) in [6, 6.07) is 12.5. The molecular weight excluding hydrogens is 538 g/mol. The van der Waals surface area contributed by atoms with Gasteiger partial charge in [-0.2, -0.15) is 9.78 Å². The van der Waals surface area contributed by atoms with Gasteiger partial charge in [-0.1, -0.05) is 42.6 Å². The molecule has 1 aromatic heterocycles. The summed E-state index contributed by atoms with van der Waals surface area (Å²) < 4.78 is 14.7. The third kappa shape index (κ3) is 6.34. The van der Waals surface area contributed by atoms with Gasteiger partial charge in [0.2, 0.25) is 5.75 Å². The first-order valence-electron chi connectivity index (χ1n) is 12.9. The van der Waals surface area contributed by atoms with Crippen molar-refractivity contribution in [3.8, 4) is 11.4 Å². The predicted octanol–water partition coefficient (Wildman–Crippen LogP) is 4.40. The van der Waals surface area contributed by atoms with E-state index in [9.17, 15) is 9.59 Å². The smallest absolute Gasteiger partial charge is 0.339 e. The number of methoxy groups -OCH3 is 1. The molecule has 3 aromatic rings. The van der Waals surface area contributed by atoms with Crippen LogP contribution in [0.1, 0.15) is 35.7 Å². The van der Waals surface area contributed by atoms with Crippen molar-refractivity contribution in [2.45, 2.75) is 25.5 Å². The number of nitrogens with two attached hydrogens (primary N) is 1. The fraction of sp³-hybridized carbons (Fsp3) is 0.393. The molecule has 2 aliphatic rings. The summed E-state index contributed by atoms with van der Waals surface area (Å²) >= 11 is 7.87. The van der Waals surface area contributed by atoms with E-state index in [4.69, 9.17) is 26.8 Å². The number of piperazine rings is 1. The maximum absolute atomic E-state index is 13.6. The molecule has 1 aliphatic heterocycles. The molecule has 0 atom stereocenters. The number of esters is 1. The van der Waals surface area contributed by atoms with Gasteiger partial charge in [0.05, 0.1) is 31.2 Å². The number of nitrogen functional groups attached to an aromatic ring is 1. The predicted molar refractivity (Wildman–Crippen MR) is 155 cm³/mol. The Morgan fingerprint density at radius 3 is 2.62 bits per heavy atom. The number of rotatable bonds is 9. The fourth-order valence-corrected chi connectivity index (χ4v) is 5.51. The van der Waals surface area contributed by atoms with Crippen LogP contribution in [0.2, 0.25) is 5.02 Å². The lowest BCUT2D eigenvalue weighted by molar-refractivity contribution is 0.0602. The van der Waals surface area contributed by atoms with Gasteiger partial charge in [0, 0.05) is 48.1 Å². The number of carbonyl (C=O) groups is 1. The maximum Gasteiger partial charge on any atom is 0.339 e. The van der Waals surface area contributed by atoms with E-state index in [1.54, 1.807) is 54.5 Å². The molecule has 0 radical (unpaired) electrons. The third-order valence-electron chi connectivity index (χ3n) is 7.15. The number of hydrogen-bond donors (Lipinski definition) is 1. The molecule has 0 unspecified atom stereocenters. The second kappa shape index (κ2) is 11.5. The average Bonchev–Trinajstić information content (AvgIpc) is 3.68. The largest absolute Gasteiger partial charge is 0.486 e. The molecule has 206 valence electrons. The van der Waals surface area contributed by atoms with Gasteiger partial charge in [-0.25, -0.2) is 9.10 Å². The van der Waals surface area contributed by atoms with E-state index in [1.807, 2.05) is 6.07 Å². The SMILES string of the molecule is COC(=O)c1cc(CSN2CCN(c3cnn(-c4cccc(Cl)c4)c(=O)c3OCC3(C)CC3)CC2)ccc1N. The van der Waals surface area contributed by atoms with Crippen molar-refractivity contribution in [2.75, 3.05) is 50.5 Å². The Morgan fingerprint density at radius 1 is 1.15 bits per heavy atom. The zero-order valence-corrected chi connectivity index (χ0v) is 23.6. The molecule has 39 heavy (non-hydrogen) atoms. The van der Waals surface area contributed by atoms with Gasteiger partial charge in [0.1, 0.15) is 5.69 Å². The van der Waals surface area contributed by atoms with Crippen LogP contribution in [0, 0.1) is 5.41 Å². The number of hydrogen-bond acceptors (Lipinski definition) is 9. The second-order valence-corrected chi connectivity index (χ2v) is 11.8. The number of ether oxygens (including phenoxy) is 2. The first-order valence-corrected chi connectivity index (χ1v) is 14.2. The van der Waals surface area contributed by atoms with Crippen LogP contribution in [0.25, 0.3) is 5.69 Å². The maximum atomic E-state index is 13.6. The van der Waals surface area contributed by atoms with Crippen LogP contribution >= 0.6 is 23.5 Å². The Balaban J connectivity index is 1.28. The second-order valence-electron chi connectivity index (χ2n) is 10.3. The molecule has 2 N–H and O–H groups in total. The minimum atomic E-state index is -0.437. The highest BCUT2D eigenvalue weighted by Crippen LogP contribution is 2.45. The lowest BCUT2D eigenvalue weighted by Crippen LogP contribution is -2.44. The number of carbonyl (C=O) groups excluding carboxylic acids is 1. The Kier molecular flexibility index (Phi) is 8.06. The van der Waals surface area contributed by atoms with Crippen molar-refractivity contribution in [1.82, 2.24) is 14.1 Å². The Morgan fingerprint density at radius 2 is 1.92 bits per heavy atom. The minimum Gasteiger partial charge on any atom is -0.486 e. The Hall–Kier alpha value is -3.21. The van der Waals surface area contributed by atoms with Gasteiger partial charge in [-0.3, -0.25) is 4.79 Å². The fourth-order valence-electron chi connectivity index (χ4n) is 4.39. The van der Waals surface area contributed by atoms with Crippen LogP contribution < -0.4 is 20.9 Å². The highest BCUT2D eigenvalue weighted by molar-refractivity contribution is 7.96.